The zero-order chi connectivity index (χ0) is 22.7. The second kappa shape index (κ2) is 17.8. The van der Waals surface area contributed by atoms with Gasteiger partial charge in [-0.2, -0.15) is 0 Å². The van der Waals surface area contributed by atoms with Gasteiger partial charge in [-0.1, -0.05) is 128 Å². The third-order valence-corrected chi connectivity index (χ3v) is 6.56. The molecule has 0 fully saturated rings. The maximum Gasteiger partial charge on any atom is 0.159 e. The summed E-state index contributed by atoms with van der Waals surface area (Å²) in [7, 11) is 0. The first-order chi connectivity index (χ1) is 15.8. The highest BCUT2D eigenvalue weighted by Gasteiger charge is 2.03. The van der Waals surface area contributed by atoms with E-state index in [1.807, 2.05) is 12.4 Å². The van der Waals surface area contributed by atoms with Crippen LogP contribution in [0, 0.1) is 0 Å². The van der Waals surface area contributed by atoms with Gasteiger partial charge in [0.2, 0.25) is 0 Å². The number of rotatable bonds is 19. The highest BCUT2D eigenvalue weighted by molar-refractivity contribution is 5.55. The first-order valence-corrected chi connectivity index (χ1v) is 13.7. The van der Waals surface area contributed by atoms with Crippen LogP contribution in [-0.2, 0) is 12.8 Å². The van der Waals surface area contributed by atoms with Crippen molar-refractivity contribution in [2.24, 2.45) is 0 Å². The molecule has 0 atom stereocenters. The van der Waals surface area contributed by atoms with E-state index in [0.717, 1.165) is 17.8 Å². The van der Waals surface area contributed by atoms with E-state index in [1.165, 1.54) is 120 Å². The molecule has 2 nitrogen and oxygen atoms in total. The van der Waals surface area contributed by atoms with Crippen LogP contribution in [0.3, 0.4) is 0 Å². The average molecular weight is 437 g/mol. The summed E-state index contributed by atoms with van der Waals surface area (Å²) in [5, 5.41) is 0. The van der Waals surface area contributed by atoms with Gasteiger partial charge in [0.05, 0.1) is 0 Å². The van der Waals surface area contributed by atoms with Crippen molar-refractivity contribution in [2.75, 3.05) is 0 Å². The van der Waals surface area contributed by atoms with Crippen LogP contribution in [0.25, 0.3) is 11.4 Å². The molecule has 178 valence electrons. The van der Waals surface area contributed by atoms with Crippen molar-refractivity contribution in [2.45, 2.75) is 129 Å². The zero-order valence-electron chi connectivity index (χ0n) is 21.1. The molecular formula is C30H48N2. The van der Waals surface area contributed by atoms with Gasteiger partial charge in [-0.3, -0.25) is 0 Å². The van der Waals surface area contributed by atoms with Crippen LogP contribution < -0.4 is 0 Å². The lowest BCUT2D eigenvalue weighted by Gasteiger charge is -2.06. The topological polar surface area (TPSA) is 25.8 Å². The lowest BCUT2D eigenvalue weighted by molar-refractivity contribution is 0.544. The third-order valence-electron chi connectivity index (χ3n) is 6.56. The van der Waals surface area contributed by atoms with Gasteiger partial charge in [-0.15, -0.1) is 0 Å². The van der Waals surface area contributed by atoms with Gasteiger partial charge in [0.15, 0.2) is 5.82 Å². The van der Waals surface area contributed by atoms with E-state index >= 15 is 0 Å². The quantitative estimate of drug-likeness (QED) is 0.205. The molecule has 0 N–H and O–H groups in total. The summed E-state index contributed by atoms with van der Waals surface area (Å²) in [6.07, 6.45) is 28.4. The van der Waals surface area contributed by atoms with Crippen LogP contribution in [-0.4, -0.2) is 9.97 Å². The molecule has 2 heteroatoms. The van der Waals surface area contributed by atoms with Crippen molar-refractivity contribution in [3.63, 3.8) is 0 Å². The summed E-state index contributed by atoms with van der Waals surface area (Å²) in [4.78, 5) is 9.20. The third kappa shape index (κ3) is 11.8. The van der Waals surface area contributed by atoms with Crippen LogP contribution in [0.2, 0.25) is 0 Å². The highest BCUT2D eigenvalue weighted by atomic mass is 14.9. The molecule has 0 unspecified atom stereocenters. The first-order valence-electron chi connectivity index (χ1n) is 13.7. The van der Waals surface area contributed by atoms with Gasteiger partial charge < -0.3 is 0 Å². The highest BCUT2D eigenvalue weighted by Crippen LogP contribution is 2.18. The number of benzene rings is 1. The largest absolute Gasteiger partial charge is 0.236 e. The van der Waals surface area contributed by atoms with Crippen molar-refractivity contribution >= 4 is 0 Å². The fraction of sp³-hybridized carbons (Fsp3) is 0.667. The molecule has 1 heterocycles. The molecule has 0 amide bonds. The number of hydrogen-bond acceptors (Lipinski definition) is 2. The Labute approximate surface area is 198 Å². The Kier molecular flexibility index (Phi) is 14.8. The Balaban J connectivity index is 1.55. The Bertz CT molecular complexity index is 675. The lowest BCUT2D eigenvalue weighted by Crippen LogP contribution is -1.94. The van der Waals surface area contributed by atoms with Gasteiger partial charge in [0.25, 0.3) is 0 Å². The fourth-order valence-electron chi connectivity index (χ4n) is 4.38. The average Bonchev–Trinajstić information content (AvgIpc) is 2.83. The summed E-state index contributed by atoms with van der Waals surface area (Å²) >= 11 is 0. The molecule has 0 aliphatic carbocycles. The molecule has 1 aromatic heterocycles. The second-order valence-electron chi connectivity index (χ2n) is 9.56. The molecule has 0 bridgehead atoms. The zero-order valence-corrected chi connectivity index (χ0v) is 21.1. The van der Waals surface area contributed by atoms with Crippen molar-refractivity contribution in [1.29, 1.82) is 0 Å². The fourth-order valence-corrected chi connectivity index (χ4v) is 4.38. The van der Waals surface area contributed by atoms with Crippen molar-refractivity contribution in [1.82, 2.24) is 9.97 Å². The number of nitrogens with zero attached hydrogens (tertiary/aromatic N) is 2. The summed E-state index contributed by atoms with van der Waals surface area (Å²) in [5.74, 6) is 0.847. The monoisotopic (exact) mass is 436 g/mol. The SMILES string of the molecule is CCCCCCCCCCCCCCc1ccc(-c2ncc(CCCCCC)cn2)cc1. The Morgan fingerprint density at radius 2 is 0.875 bits per heavy atom. The predicted octanol–water partition coefficient (Wildman–Crippen LogP) is 9.51. The lowest BCUT2D eigenvalue weighted by atomic mass is 10.0. The van der Waals surface area contributed by atoms with Crippen LogP contribution in [0.15, 0.2) is 36.7 Å². The number of aryl methyl sites for hydroxylation is 2. The van der Waals surface area contributed by atoms with Gasteiger partial charge >= 0.3 is 0 Å². The predicted molar refractivity (Wildman–Crippen MR) is 140 cm³/mol. The minimum absolute atomic E-state index is 0.847. The number of hydrogen-bond donors (Lipinski definition) is 0. The molecule has 0 saturated carbocycles. The molecule has 1 aromatic carbocycles. The Morgan fingerprint density at radius 3 is 1.38 bits per heavy atom. The van der Waals surface area contributed by atoms with Gasteiger partial charge in [0.1, 0.15) is 0 Å². The number of unbranched alkanes of at least 4 members (excludes halogenated alkanes) is 14. The van der Waals surface area contributed by atoms with Crippen LogP contribution >= 0.6 is 0 Å². The van der Waals surface area contributed by atoms with E-state index in [2.05, 4.69) is 48.1 Å². The maximum atomic E-state index is 4.60. The Hall–Kier alpha value is -1.70. The smallest absolute Gasteiger partial charge is 0.159 e. The standard InChI is InChI=1S/C30H48N2/c1-3-5-7-9-10-11-12-13-14-15-16-18-19-27-21-23-29(24-22-27)30-31-25-28(26-32-30)20-17-8-6-4-2/h21-26H,3-20H2,1-2H3. The summed E-state index contributed by atoms with van der Waals surface area (Å²) in [5.41, 5.74) is 3.82. The van der Waals surface area contributed by atoms with Crippen LogP contribution in [0.5, 0.6) is 0 Å². The van der Waals surface area contributed by atoms with E-state index < -0.39 is 0 Å². The van der Waals surface area contributed by atoms with Crippen LogP contribution in [0.4, 0.5) is 0 Å². The van der Waals surface area contributed by atoms with Gasteiger partial charge in [0, 0.05) is 18.0 Å². The van der Waals surface area contributed by atoms with E-state index in [1.54, 1.807) is 0 Å². The Morgan fingerprint density at radius 1 is 0.469 bits per heavy atom. The summed E-state index contributed by atoms with van der Waals surface area (Å²) in [6.45, 7) is 4.54. The normalized spacial score (nSPS) is 11.2. The number of aromatic nitrogens is 2. The molecule has 0 aliphatic rings. The second-order valence-corrected chi connectivity index (χ2v) is 9.56. The van der Waals surface area contributed by atoms with Gasteiger partial charge in [-0.05, 0) is 36.8 Å². The van der Waals surface area contributed by atoms with Gasteiger partial charge in [-0.25, -0.2) is 9.97 Å². The molecule has 2 rings (SSSR count). The minimum Gasteiger partial charge on any atom is -0.236 e. The van der Waals surface area contributed by atoms with Crippen LogP contribution in [0.1, 0.15) is 128 Å². The molecule has 0 radical (unpaired) electrons. The van der Waals surface area contributed by atoms with Crippen molar-refractivity contribution < 1.29 is 0 Å². The van der Waals surface area contributed by atoms with Crippen molar-refractivity contribution in [3.05, 3.63) is 47.8 Å². The van der Waals surface area contributed by atoms with E-state index in [-0.39, 0.29) is 0 Å². The molecule has 2 aromatic rings. The maximum absolute atomic E-state index is 4.60. The molecular weight excluding hydrogens is 388 g/mol. The van der Waals surface area contributed by atoms with E-state index in [9.17, 15) is 0 Å². The van der Waals surface area contributed by atoms with E-state index in [0.29, 0.717) is 0 Å². The van der Waals surface area contributed by atoms with E-state index in [4.69, 9.17) is 0 Å². The molecule has 0 aliphatic heterocycles. The molecule has 32 heavy (non-hydrogen) atoms. The summed E-state index contributed by atoms with van der Waals surface area (Å²) in [6, 6.07) is 8.89. The summed E-state index contributed by atoms with van der Waals surface area (Å²) < 4.78 is 0. The first kappa shape index (κ1) is 26.6. The molecule has 0 saturated heterocycles. The van der Waals surface area contributed by atoms with Crippen molar-refractivity contribution in [3.8, 4) is 11.4 Å². The minimum atomic E-state index is 0.847. The molecule has 0 spiro atoms.